The summed E-state index contributed by atoms with van der Waals surface area (Å²) in [5.41, 5.74) is 4.65. The number of benzene rings is 4. The molecule has 2 amide bonds. The van der Waals surface area contributed by atoms with Gasteiger partial charge in [-0.2, -0.15) is 0 Å². The summed E-state index contributed by atoms with van der Waals surface area (Å²) in [5, 5.41) is 8.83. The minimum atomic E-state index is -0.321. The Bertz CT molecular complexity index is 1480. The normalized spacial score (nSPS) is 13.1. The van der Waals surface area contributed by atoms with Crippen LogP contribution in [0.5, 0.6) is 0 Å². The van der Waals surface area contributed by atoms with E-state index in [-0.39, 0.29) is 43.2 Å². The standard InChI is InChI=1S/C18H19FN2O.C17H18FN3O.2CH3.5HI.2V/c19-15-6-8-16(9-7-15)20-18(22)14-4-10-17(11-5-14)21-12-2-1-3-13-21;18-14-3-5-15(6-4-14)20-17(22)13-1-7-16(8-2-13)21-11-9-19-10-12-21;;;;;;;;;/h4-11H,1-3,12-13H2,(H,20,22);1-8,19H,9-12H2,(H,20,22);2*1H3;5*1H;;/q;;2*-1;;;;;;+2;+3/p-5. The van der Waals surface area contributed by atoms with Crippen molar-refractivity contribution < 1.29 is 32.8 Å². The number of carbonyl (C=O) groups excluding carboxylic acids is 2. The molecule has 0 bridgehead atoms. The van der Waals surface area contributed by atoms with Gasteiger partial charge in [0.1, 0.15) is 11.6 Å². The van der Waals surface area contributed by atoms with E-state index in [0.717, 1.165) is 50.6 Å². The Morgan fingerprint density at radius 1 is 0.585 bits per heavy atom. The SMILES string of the molecule is O=C(Nc1ccc(F)cc1)c1ccc(N2CCCCC2)cc1.O=C(Nc1ccc(F)cc1)c1ccc(N2CCNCC2)cc1.[CH3-].[CH3-].[I][V]([I])[I].[I][V][I]. The molecule has 3 N–H and O–H groups in total. The molecule has 0 atom stereocenters. The Morgan fingerprint density at radius 3 is 1.25 bits per heavy atom. The maximum absolute atomic E-state index is 12.9. The van der Waals surface area contributed by atoms with Crippen LogP contribution >= 0.6 is 99.9 Å². The molecular formula is C37H43F2I5N5O2V2-2. The van der Waals surface area contributed by atoms with Gasteiger partial charge < -0.3 is 40.6 Å². The van der Waals surface area contributed by atoms with Gasteiger partial charge in [0.15, 0.2) is 0 Å². The van der Waals surface area contributed by atoms with E-state index < -0.39 is 0 Å². The van der Waals surface area contributed by atoms with Crippen molar-refractivity contribution in [2.75, 3.05) is 59.7 Å². The predicted octanol–water partition coefficient (Wildman–Crippen LogP) is 11.9. The number of nitrogens with zero attached hydrogens (tertiary/aromatic N) is 2. The molecule has 6 rings (SSSR count). The Labute approximate surface area is 380 Å². The number of carbonyl (C=O) groups is 2. The van der Waals surface area contributed by atoms with Crippen LogP contribution in [-0.4, -0.2) is 51.1 Å². The van der Waals surface area contributed by atoms with Crippen LogP contribution in [0.2, 0.25) is 0 Å². The van der Waals surface area contributed by atoms with Crippen LogP contribution in [0.4, 0.5) is 31.5 Å². The molecule has 2 aliphatic rings. The first-order valence-corrected chi connectivity index (χ1v) is 38.4. The van der Waals surface area contributed by atoms with Crippen LogP contribution in [0.1, 0.15) is 40.0 Å². The van der Waals surface area contributed by atoms with Crippen LogP contribution in [0, 0.1) is 26.5 Å². The fraction of sp³-hybridized carbons (Fsp3) is 0.243. The zero-order chi connectivity index (χ0) is 37.0. The third-order valence-electron chi connectivity index (χ3n) is 7.67. The number of hydrogen-bond donors (Lipinski definition) is 3. The molecule has 0 aliphatic carbocycles. The summed E-state index contributed by atoms with van der Waals surface area (Å²) in [4.78, 5) is 28.7. The average Bonchev–Trinajstić information content (AvgIpc) is 3.15. The summed E-state index contributed by atoms with van der Waals surface area (Å²) < 4.78 is 25.7. The van der Waals surface area contributed by atoms with Gasteiger partial charge in [0, 0.05) is 73.1 Å². The van der Waals surface area contributed by atoms with Gasteiger partial charge in [0.25, 0.3) is 11.8 Å². The third kappa shape index (κ3) is 20.4. The monoisotopic (exact) mass is 1360 g/mol. The summed E-state index contributed by atoms with van der Waals surface area (Å²) in [5.74, 6) is -1.02. The van der Waals surface area contributed by atoms with Gasteiger partial charge in [-0.25, -0.2) is 8.78 Å². The van der Waals surface area contributed by atoms with Crippen LogP contribution in [-0.2, 0) is 14.4 Å². The Balaban J connectivity index is 0.000000437. The van der Waals surface area contributed by atoms with E-state index in [4.69, 9.17) is 0 Å². The third-order valence-corrected chi connectivity index (χ3v) is 7.67. The van der Waals surface area contributed by atoms with Gasteiger partial charge in [-0.15, -0.1) is 0 Å². The van der Waals surface area contributed by atoms with E-state index in [2.05, 4.69) is 126 Å². The van der Waals surface area contributed by atoms with Crippen molar-refractivity contribution in [3.05, 3.63) is 135 Å². The summed E-state index contributed by atoms with van der Waals surface area (Å²) in [6.07, 6.45) is 3.76. The quantitative estimate of drug-likeness (QED) is 0.132. The fourth-order valence-corrected chi connectivity index (χ4v) is 5.20. The first-order chi connectivity index (χ1) is 24.6. The first kappa shape index (κ1) is 51.1. The number of nitrogens with one attached hydrogen (secondary N) is 3. The topological polar surface area (TPSA) is 76.7 Å². The Morgan fingerprint density at radius 2 is 0.906 bits per heavy atom. The summed E-state index contributed by atoms with van der Waals surface area (Å²) >= 11 is 12.1. The Kier molecular flexibility index (Phi) is 28.2. The molecule has 0 unspecified atom stereocenters. The van der Waals surface area contributed by atoms with Crippen molar-refractivity contribution in [1.29, 1.82) is 0 Å². The van der Waals surface area contributed by atoms with Gasteiger partial charge in [-0.05, 0) is 116 Å². The molecule has 0 spiro atoms. The predicted molar refractivity (Wildman–Crippen MR) is 256 cm³/mol. The first-order valence-electron chi connectivity index (χ1n) is 15.8. The van der Waals surface area contributed by atoms with Crippen LogP contribution in [0.15, 0.2) is 97.1 Å². The Hall–Kier alpha value is 0.0588. The van der Waals surface area contributed by atoms with Gasteiger partial charge >= 0.3 is 114 Å². The van der Waals surface area contributed by atoms with Gasteiger partial charge in [-0.1, -0.05) is 0 Å². The number of anilines is 4. The summed E-state index contributed by atoms with van der Waals surface area (Å²) in [7, 11) is 0.628. The van der Waals surface area contributed by atoms with E-state index in [1.807, 2.05) is 48.5 Å². The average molecular weight is 1360 g/mol. The zero-order valence-corrected chi connectivity index (χ0v) is 42.9. The molecule has 0 aromatic heterocycles. The van der Waals surface area contributed by atoms with Crippen molar-refractivity contribution in [3.8, 4) is 0 Å². The van der Waals surface area contributed by atoms with E-state index >= 15 is 0 Å². The second kappa shape index (κ2) is 29.3. The number of piperazine rings is 1. The molecule has 53 heavy (non-hydrogen) atoms. The molecular weight excluding hydrogens is 1320 g/mol. The van der Waals surface area contributed by atoms with Gasteiger partial charge in [0.05, 0.1) is 0 Å². The van der Waals surface area contributed by atoms with E-state index in [1.165, 1.54) is 43.5 Å². The fourth-order valence-electron chi connectivity index (χ4n) is 5.20. The van der Waals surface area contributed by atoms with Crippen molar-refractivity contribution in [2.45, 2.75) is 19.3 Å². The molecule has 7 nitrogen and oxygen atoms in total. The van der Waals surface area contributed by atoms with E-state index in [0.29, 0.717) is 32.0 Å². The van der Waals surface area contributed by atoms with Gasteiger partial charge in [-0.3, -0.25) is 9.59 Å². The molecule has 2 heterocycles. The zero-order valence-electron chi connectivity index (χ0n) is 29.4. The van der Waals surface area contributed by atoms with Crippen molar-refractivity contribution >= 4 is 134 Å². The molecule has 16 heteroatoms. The molecule has 0 saturated carbocycles. The van der Waals surface area contributed by atoms with E-state index in [1.54, 1.807) is 24.3 Å². The van der Waals surface area contributed by atoms with Crippen LogP contribution in [0.3, 0.4) is 0 Å². The van der Waals surface area contributed by atoms with Gasteiger partial charge in [0.2, 0.25) is 0 Å². The minimum absolute atomic E-state index is 0. The van der Waals surface area contributed by atoms with Crippen molar-refractivity contribution in [3.63, 3.8) is 0 Å². The number of hydrogen-bond acceptors (Lipinski definition) is 5. The molecule has 0 radical (unpaired) electrons. The van der Waals surface area contributed by atoms with Crippen LogP contribution in [0.25, 0.3) is 0 Å². The molecule has 2 saturated heterocycles. The second-order valence-corrected chi connectivity index (χ2v) is 58.2. The maximum atomic E-state index is 12.9. The molecule has 289 valence electrons. The molecule has 2 fully saturated rings. The number of halogens is 7. The number of amides is 2. The van der Waals surface area contributed by atoms with Crippen LogP contribution < -0.4 is 25.8 Å². The second-order valence-electron chi connectivity index (χ2n) is 11.1. The molecule has 4 aromatic rings. The van der Waals surface area contributed by atoms with Crippen molar-refractivity contribution in [2.24, 2.45) is 0 Å². The summed E-state index contributed by atoms with van der Waals surface area (Å²) in [6.45, 7) is 6.07. The summed E-state index contributed by atoms with van der Waals surface area (Å²) in [6, 6.07) is 26.7. The number of rotatable bonds is 6. The number of piperidine rings is 1. The molecule has 4 aromatic carbocycles. The van der Waals surface area contributed by atoms with Crippen molar-refractivity contribution in [1.82, 2.24) is 5.32 Å². The molecule has 2 aliphatic heterocycles. The van der Waals surface area contributed by atoms with E-state index in [9.17, 15) is 18.4 Å².